The summed E-state index contributed by atoms with van der Waals surface area (Å²) in [4.78, 5) is 18.0. The Bertz CT molecular complexity index is 1000. The summed E-state index contributed by atoms with van der Waals surface area (Å²) in [7, 11) is 0.0784. The predicted molar refractivity (Wildman–Crippen MR) is 132 cm³/mol. The summed E-state index contributed by atoms with van der Waals surface area (Å²) in [6.07, 6.45) is 0.695. The molecule has 5 nitrogen and oxygen atoms in total. The van der Waals surface area contributed by atoms with Crippen molar-refractivity contribution in [1.82, 2.24) is 4.90 Å². The van der Waals surface area contributed by atoms with Crippen molar-refractivity contribution in [2.75, 3.05) is 31.8 Å². The zero-order chi connectivity index (χ0) is 22.6. The zero-order valence-corrected chi connectivity index (χ0v) is 22.0. The molecule has 2 aromatic rings. The molecule has 2 aromatic carbocycles. The van der Waals surface area contributed by atoms with Gasteiger partial charge in [-0.3, -0.25) is 4.79 Å². The van der Waals surface area contributed by atoms with E-state index in [4.69, 9.17) is 9.16 Å². The molecule has 2 atom stereocenters. The first kappa shape index (κ1) is 22.8. The molecule has 0 bridgehead atoms. The summed E-state index contributed by atoms with van der Waals surface area (Å²) in [5, 5.41) is 2.33. The monoisotopic (exact) mass is 504 g/mol. The fourth-order valence-electron chi connectivity index (χ4n) is 4.39. The van der Waals surface area contributed by atoms with Gasteiger partial charge in [0.1, 0.15) is 0 Å². The third-order valence-electron chi connectivity index (χ3n) is 7.12. The lowest BCUT2D eigenvalue weighted by Crippen LogP contribution is -2.60. The number of amides is 1. The lowest BCUT2D eigenvalue weighted by atomic mass is 9.97. The van der Waals surface area contributed by atoms with Crippen molar-refractivity contribution in [2.24, 2.45) is 0 Å². The van der Waals surface area contributed by atoms with Crippen LogP contribution in [0, 0.1) is 0 Å². The first-order chi connectivity index (χ1) is 14.5. The molecule has 0 aliphatic carbocycles. The molecule has 0 unspecified atom stereocenters. The van der Waals surface area contributed by atoms with E-state index in [-0.39, 0.29) is 23.1 Å². The molecule has 0 radical (unpaired) electrons. The fraction of sp³-hybridized carbons (Fsp3) is 0.542. The van der Waals surface area contributed by atoms with Crippen LogP contribution >= 0.6 is 15.9 Å². The van der Waals surface area contributed by atoms with Gasteiger partial charge in [0.2, 0.25) is 0 Å². The zero-order valence-electron chi connectivity index (χ0n) is 19.4. The number of hydrogen-bond donors (Lipinski definition) is 0. The first-order valence-corrected chi connectivity index (χ1v) is 14.7. The Balaban J connectivity index is 1.70. The number of fused-ring (bicyclic) bond motifs is 3. The minimum Gasteiger partial charge on any atom is -0.409 e. The van der Waals surface area contributed by atoms with Crippen LogP contribution in [0.15, 0.2) is 34.8 Å². The van der Waals surface area contributed by atoms with Crippen LogP contribution in [0.3, 0.4) is 0 Å². The highest BCUT2D eigenvalue weighted by Crippen LogP contribution is 2.41. The van der Waals surface area contributed by atoms with Gasteiger partial charge in [0.15, 0.2) is 8.32 Å². The van der Waals surface area contributed by atoms with E-state index in [0.717, 1.165) is 32.9 Å². The number of ether oxygens (including phenoxy) is 1. The Morgan fingerprint density at radius 3 is 2.55 bits per heavy atom. The minimum absolute atomic E-state index is 0.0104. The maximum Gasteiger partial charge on any atom is 0.257 e. The summed E-state index contributed by atoms with van der Waals surface area (Å²) in [5.41, 5.74) is 1.76. The molecule has 1 fully saturated rings. The Kier molecular flexibility index (Phi) is 6.00. The summed E-state index contributed by atoms with van der Waals surface area (Å²) in [6, 6.07) is 10.2. The quantitative estimate of drug-likeness (QED) is 0.507. The summed E-state index contributed by atoms with van der Waals surface area (Å²) < 4.78 is 13.5. The van der Waals surface area contributed by atoms with Gasteiger partial charge >= 0.3 is 0 Å². The van der Waals surface area contributed by atoms with E-state index in [9.17, 15) is 4.79 Å². The minimum atomic E-state index is -1.99. The molecule has 2 heterocycles. The van der Waals surface area contributed by atoms with Crippen molar-refractivity contribution < 1.29 is 14.0 Å². The highest BCUT2D eigenvalue weighted by molar-refractivity contribution is 9.10. The molecular formula is C24H33BrN2O3Si. The van der Waals surface area contributed by atoms with Crippen molar-refractivity contribution >= 4 is 46.6 Å². The molecule has 31 heavy (non-hydrogen) atoms. The van der Waals surface area contributed by atoms with Gasteiger partial charge in [0, 0.05) is 23.5 Å². The normalized spacial score (nSPS) is 22.7. The number of benzene rings is 2. The van der Waals surface area contributed by atoms with Crippen molar-refractivity contribution in [2.45, 2.75) is 57.5 Å². The predicted octanol–water partition coefficient (Wildman–Crippen LogP) is 5.63. The number of carbonyl (C=O) groups excluding carboxylic acids is 1. The smallest absolute Gasteiger partial charge is 0.257 e. The lowest BCUT2D eigenvalue weighted by Gasteiger charge is -2.48. The van der Waals surface area contributed by atoms with Crippen molar-refractivity contribution in [3.05, 3.63) is 40.4 Å². The number of nitrogens with zero attached hydrogens (tertiary/aromatic N) is 2. The van der Waals surface area contributed by atoms with Gasteiger partial charge in [0.25, 0.3) is 5.91 Å². The molecular weight excluding hydrogens is 472 g/mol. The van der Waals surface area contributed by atoms with E-state index >= 15 is 0 Å². The van der Waals surface area contributed by atoms with Gasteiger partial charge in [-0.1, -0.05) is 61.0 Å². The second-order valence-corrected chi connectivity index (χ2v) is 15.9. The van der Waals surface area contributed by atoms with Crippen LogP contribution in [0.4, 0.5) is 5.69 Å². The Hall–Kier alpha value is -1.41. The Labute approximate surface area is 194 Å². The summed E-state index contributed by atoms with van der Waals surface area (Å²) in [6.45, 7) is 13.0. The highest BCUT2D eigenvalue weighted by atomic mass is 79.9. The number of rotatable bonds is 3. The van der Waals surface area contributed by atoms with E-state index < -0.39 is 8.32 Å². The molecule has 7 heteroatoms. The largest absolute Gasteiger partial charge is 0.409 e. The Morgan fingerprint density at radius 2 is 1.87 bits per heavy atom. The van der Waals surface area contributed by atoms with Crippen molar-refractivity contribution in [3.8, 4) is 0 Å². The fourth-order valence-corrected chi connectivity index (χ4v) is 6.30. The van der Waals surface area contributed by atoms with E-state index in [1.807, 2.05) is 23.1 Å². The van der Waals surface area contributed by atoms with E-state index in [1.165, 1.54) is 0 Å². The third-order valence-corrected chi connectivity index (χ3v) is 12.3. The topological polar surface area (TPSA) is 42.0 Å². The molecule has 1 saturated heterocycles. The summed E-state index contributed by atoms with van der Waals surface area (Å²) in [5.74, 6) is 0.0790. The van der Waals surface area contributed by atoms with Crippen molar-refractivity contribution in [3.63, 3.8) is 0 Å². The van der Waals surface area contributed by atoms with Crippen LogP contribution in [0.25, 0.3) is 10.8 Å². The molecule has 0 N–H and O–H groups in total. The SMILES string of the molecule is CN1CN([C@H]2CCOC[C@@H]2O[Si](C)(C)C(C)(C)C)C(=O)c2cc(Br)c3ccccc3c21. The molecule has 168 valence electrons. The van der Waals surface area contributed by atoms with Crippen LogP contribution in [0.5, 0.6) is 0 Å². The molecule has 1 amide bonds. The second kappa shape index (κ2) is 8.18. The van der Waals surface area contributed by atoms with Crippen LogP contribution in [-0.4, -0.2) is 58.2 Å². The van der Waals surface area contributed by atoms with E-state index in [0.29, 0.717) is 19.9 Å². The van der Waals surface area contributed by atoms with Gasteiger partial charge in [0.05, 0.1) is 36.7 Å². The van der Waals surface area contributed by atoms with Gasteiger partial charge in [-0.2, -0.15) is 0 Å². The highest BCUT2D eigenvalue weighted by Gasteiger charge is 2.45. The van der Waals surface area contributed by atoms with Gasteiger partial charge in [-0.05, 0) is 36.0 Å². The van der Waals surface area contributed by atoms with Crippen LogP contribution in [0.2, 0.25) is 18.1 Å². The molecule has 2 aliphatic heterocycles. The van der Waals surface area contributed by atoms with E-state index in [2.05, 4.69) is 73.9 Å². The molecule has 2 aliphatic rings. The number of halogens is 1. The molecule has 0 spiro atoms. The van der Waals surface area contributed by atoms with E-state index in [1.54, 1.807) is 0 Å². The molecule has 0 aromatic heterocycles. The molecule has 0 saturated carbocycles. The van der Waals surface area contributed by atoms with Crippen molar-refractivity contribution in [1.29, 1.82) is 0 Å². The van der Waals surface area contributed by atoms with Gasteiger partial charge in [-0.15, -0.1) is 0 Å². The first-order valence-electron chi connectivity index (χ1n) is 11.0. The number of anilines is 1. The summed E-state index contributed by atoms with van der Waals surface area (Å²) >= 11 is 3.68. The second-order valence-electron chi connectivity index (χ2n) is 10.3. The maximum atomic E-state index is 13.8. The molecule has 4 rings (SSSR count). The number of hydrogen-bond acceptors (Lipinski definition) is 4. The average molecular weight is 506 g/mol. The Morgan fingerprint density at radius 1 is 1.19 bits per heavy atom. The van der Waals surface area contributed by atoms with Gasteiger partial charge in [-0.25, -0.2) is 0 Å². The van der Waals surface area contributed by atoms with Crippen LogP contribution in [0.1, 0.15) is 37.6 Å². The lowest BCUT2D eigenvalue weighted by molar-refractivity contribution is -0.0514. The van der Waals surface area contributed by atoms with Crippen LogP contribution < -0.4 is 4.90 Å². The third kappa shape index (κ3) is 4.06. The van der Waals surface area contributed by atoms with Gasteiger partial charge < -0.3 is 19.0 Å². The maximum absolute atomic E-state index is 13.8. The van der Waals surface area contributed by atoms with Crippen LogP contribution in [-0.2, 0) is 9.16 Å². The average Bonchev–Trinajstić information content (AvgIpc) is 2.70. The number of carbonyl (C=O) groups is 1. The standard InChI is InChI=1S/C24H33BrN2O3Si/c1-24(2,3)31(5,6)30-21-14-29-12-11-20(21)27-15-26(4)22-17-10-8-7-9-16(17)19(25)13-18(22)23(27)28/h7-10,13,20-21H,11-12,14-15H2,1-6H3/t20-,21-/m0/s1.